The van der Waals surface area contributed by atoms with Gasteiger partial charge in [0.15, 0.2) is 0 Å². The first-order chi connectivity index (χ1) is 7.40. The van der Waals surface area contributed by atoms with Crippen molar-refractivity contribution in [3.05, 3.63) is 0 Å². The fraction of sp³-hybridized carbons (Fsp3) is 0.917. The Labute approximate surface area is 97.8 Å². The van der Waals surface area contributed by atoms with Gasteiger partial charge >= 0.3 is 6.03 Å². The van der Waals surface area contributed by atoms with Crippen LogP contribution in [0.15, 0.2) is 0 Å². The molecule has 1 spiro atoms. The number of hydrogen-bond donors (Lipinski definition) is 2. The monoisotopic (exact) mass is 225 g/mol. The van der Waals surface area contributed by atoms with Gasteiger partial charge in [-0.1, -0.05) is 0 Å². The number of likely N-dealkylation sites (tertiary alicyclic amines) is 1. The van der Waals surface area contributed by atoms with Crippen molar-refractivity contribution in [1.82, 2.24) is 15.5 Å². The highest BCUT2D eigenvalue weighted by Crippen LogP contribution is 2.33. The predicted molar refractivity (Wildman–Crippen MR) is 64.4 cm³/mol. The average molecular weight is 225 g/mol. The number of nitrogens with zero attached hydrogens (tertiary/aromatic N) is 1. The molecule has 0 bridgehead atoms. The molecule has 0 atom stereocenters. The number of piperidine rings is 1. The van der Waals surface area contributed by atoms with E-state index in [1.807, 2.05) is 25.7 Å². The molecular formula is C12H23N3O. The van der Waals surface area contributed by atoms with Crippen LogP contribution < -0.4 is 10.6 Å². The molecule has 2 N–H and O–H groups in total. The van der Waals surface area contributed by atoms with Gasteiger partial charge in [0.2, 0.25) is 0 Å². The second-order valence-electron chi connectivity index (χ2n) is 6.31. The second-order valence-corrected chi connectivity index (χ2v) is 6.31. The molecule has 0 unspecified atom stereocenters. The van der Waals surface area contributed by atoms with Crippen molar-refractivity contribution in [2.45, 2.75) is 39.2 Å². The first-order valence-electron chi connectivity index (χ1n) is 6.18. The van der Waals surface area contributed by atoms with Crippen LogP contribution >= 0.6 is 0 Å². The summed E-state index contributed by atoms with van der Waals surface area (Å²) in [7, 11) is 0. The normalized spacial score (nSPS) is 24.1. The number of urea groups is 1. The summed E-state index contributed by atoms with van der Waals surface area (Å²) in [5, 5.41) is 6.36. The average Bonchev–Trinajstić information content (AvgIpc) is 2.13. The van der Waals surface area contributed by atoms with Crippen LogP contribution in [0.2, 0.25) is 0 Å². The van der Waals surface area contributed by atoms with Crippen LogP contribution in [0.4, 0.5) is 4.79 Å². The van der Waals surface area contributed by atoms with Gasteiger partial charge in [0.1, 0.15) is 0 Å². The highest BCUT2D eigenvalue weighted by molar-refractivity contribution is 5.75. The Morgan fingerprint density at radius 1 is 1.38 bits per heavy atom. The van der Waals surface area contributed by atoms with Gasteiger partial charge in [-0.2, -0.15) is 0 Å². The maximum atomic E-state index is 12.0. The van der Waals surface area contributed by atoms with Gasteiger partial charge < -0.3 is 15.5 Å². The fourth-order valence-corrected chi connectivity index (χ4v) is 2.55. The fourth-order valence-electron chi connectivity index (χ4n) is 2.55. The second kappa shape index (κ2) is 3.91. The van der Waals surface area contributed by atoms with E-state index in [1.54, 1.807) is 0 Å². The molecule has 0 aliphatic carbocycles. The zero-order chi connectivity index (χ0) is 11.8. The first kappa shape index (κ1) is 11.7. The smallest absolute Gasteiger partial charge is 0.317 e. The third kappa shape index (κ3) is 2.48. The Bertz CT molecular complexity index is 278. The summed E-state index contributed by atoms with van der Waals surface area (Å²) in [6.07, 6.45) is 2.40. The van der Waals surface area contributed by atoms with Crippen LogP contribution in [0.5, 0.6) is 0 Å². The van der Waals surface area contributed by atoms with Crippen molar-refractivity contribution in [1.29, 1.82) is 0 Å². The van der Waals surface area contributed by atoms with Crippen LogP contribution in [0, 0.1) is 5.41 Å². The number of nitrogens with one attached hydrogen (secondary N) is 2. The molecule has 2 amide bonds. The summed E-state index contributed by atoms with van der Waals surface area (Å²) < 4.78 is 0. The number of amides is 2. The number of hydrogen-bond acceptors (Lipinski definition) is 2. The molecule has 0 radical (unpaired) electrons. The van der Waals surface area contributed by atoms with E-state index in [4.69, 9.17) is 0 Å². The summed E-state index contributed by atoms with van der Waals surface area (Å²) >= 11 is 0. The van der Waals surface area contributed by atoms with Crippen molar-refractivity contribution >= 4 is 6.03 Å². The number of carbonyl (C=O) groups is 1. The Morgan fingerprint density at radius 2 is 2.06 bits per heavy atom. The van der Waals surface area contributed by atoms with Gasteiger partial charge in [-0.15, -0.1) is 0 Å². The topological polar surface area (TPSA) is 44.4 Å². The van der Waals surface area contributed by atoms with Crippen LogP contribution in [0.1, 0.15) is 33.6 Å². The lowest BCUT2D eigenvalue weighted by atomic mass is 9.75. The van der Waals surface area contributed by atoms with E-state index < -0.39 is 0 Å². The summed E-state index contributed by atoms with van der Waals surface area (Å²) in [5.74, 6) is 0. The number of carbonyl (C=O) groups excluding carboxylic acids is 1. The molecule has 2 saturated heterocycles. The molecule has 0 aromatic rings. The summed E-state index contributed by atoms with van der Waals surface area (Å²) in [6.45, 7) is 10.0. The molecule has 0 saturated carbocycles. The molecule has 0 aromatic heterocycles. The van der Waals surface area contributed by atoms with Crippen molar-refractivity contribution in [2.75, 3.05) is 26.2 Å². The van der Waals surface area contributed by atoms with Crippen molar-refractivity contribution < 1.29 is 4.79 Å². The van der Waals surface area contributed by atoms with Crippen molar-refractivity contribution in [3.63, 3.8) is 0 Å². The van der Waals surface area contributed by atoms with Gasteiger partial charge in [-0.25, -0.2) is 4.79 Å². The summed E-state index contributed by atoms with van der Waals surface area (Å²) in [4.78, 5) is 14.0. The molecule has 2 aliphatic heterocycles. The molecule has 92 valence electrons. The Morgan fingerprint density at radius 3 is 2.56 bits per heavy atom. The highest BCUT2D eigenvalue weighted by atomic mass is 16.2. The molecule has 0 aromatic carbocycles. The quantitative estimate of drug-likeness (QED) is 0.650. The SMILES string of the molecule is CC(C)(C)NC(=O)N1CCCC2(CNC2)C1. The zero-order valence-electron chi connectivity index (χ0n) is 10.6. The zero-order valence-corrected chi connectivity index (χ0v) is 10.6. The van der Waals surface area contributed by atoms with Gasteiger partial charge in [0.05, 0.1) is 0 Å². The van der Waals surface area contributed by atoms with E-state index in [0.717, 1.165) is 32.6 Å². The van der Waals surface area contributed by atoms with Gasteiger partial charge in [-0.3, -0.25) is 0 Å². The van der Waals surface area contributed by atoms with E-state index in [0.29, 0.717) is 5.41 Å². The van der Waals surface area contributed by atoms with Crippen molar-refractivity contribution in [3.8, 4) is 0 Å². The molecule has 4 heteroatoms. The number of rotatable bonds is 0. The minimum absolute atomic E-state index is 0.0958. The Kier molecular flexibility index (Phi) is 2.86. The summed E-state index contributed by atoms with van der Waals surface area (Å²) in [5.41, 5.74) is 0.243. The largest absolute Gasteiger partial charge is 0.333 e. The van der Waals surface area contributed by atoms with E-state index >= 15 is 0 Å². The summed E-state index contributed by atoms with van der Waals surface area (Å²) in [6, 6.07) is 0.0958. The predicted octanol–water partition coefficient (Wildman–Crippen LogP) is 1.18. The van der Waals surface area contributed by atoms with E-state index in [9.17, 15) is 4.79 Å². The Hall–Kier alpha value is -0.770. The first-order valence-corrected chi connectivity index (χ1v) is 6.18. The molecule has 16 heavy (non-hydrogen) atoms. The van der Waals surface area contributed by atoms with Gasteiger partial charge in [0.25, 0.3) is 0 Å². The van der Waals surface area contributed by atoms with E-state index in [-0.39, 0.29) is 11.6 Å². The Balaban J connectivity index is 1.91. The van der Waals surface area contributed by atoms with Crippen LogP contribution in [-0.4, -0.2) is 42.6 Å². The molecule has 2 heterocycles. The minimum atomic E-state index is -0.139. The molecular weight excluding hydrogens is 202 g/mol. The van der Waals surface area contributed by atoms with Crippen LogP contribution in [0.25, 0.3) is 0 Å². The van der Waals surface area contributed by atoms with E-state index in [2.05, 4.69) is 10.6 Å². The molecule has 2 fully saturated rings. The molecule has 4 nitrogen and oxygen atoms in total. The maximum Gasteiger partial charge on any atom is 0.317 e. The van der Waals surface area contributed by atoms with E-state index in [1.165, 1.54) is 6.42 Å². The lowest BCUT2D eigenvalue weighted by molar-refractivity contribution is 0.0568. The lowest BCUT2D eigenvalue weighted by Gasteiger charge is -2.49. The maximum absolute atomic E-state index is 12.0. The van der Waals surface area contributed by atoms with Crippen LogP contribution in [0.3, 0.4) is 0 Å². The standard InChI is InChI=1S/C12H23N3O/c1-11(2,3)14-10(16)15-6-4-5-12(9-15)7-13-8-12/h13H,4-9H2,1-3H3,(H,14,16). The molecule has 2 aliphatic rings. The highest BCUT2D eigenvalue weighted by Gasteiger charge is 2.42. The molecule has 2 rings (SSSR count). The minimum Gasteiger partial charge on any atom is -0.333 e. The third-order valence-electron chi connectivity index (χ3n) is 3.43. The lowest BCUT2D eigenvalue weighted by Crippen LogP contribution is -2.63. The van der Waals surface area contributed by atoms with Crippen molar-refractivity contribution in [2.24, 2.45) is 5.41 Å². The third-order valence-corrected chi connectivity index (χ3v) is 3.43. The van der Waals surface area contributed by atoms with Gasteiger partial charge in [0, 0.05) is 37.1 Å². The van der Waals surface area contributed by atoms with Gasteiger partial charge in [-0.05, 0) is 33.6 Å². The van der Waals surface area contributed by atoms with Crippen LogP contribution in [-0.2, 0) is 0 Å².